The zero-order chi connectivity index (χ0) is 14.1. The molecule has 102 valence electrons. The van der Waals surface area contributed by atoms with Crippen molar-refractivity contribution in [3.05, 3.63) is 42.5 Å². The van der Waals surface area contributed by atoms with Crippen molar-refractivity contribution >= 4 is 20.8 Å². The quantitative estimate of drug-likeness (QED) is 0.898. The number of hydrogen-bond donors (Lipinski definition) is 2. The minimum Gasteiger partial charge on any atom is -0.389 e. The molecule has 0 aliphatic carbocycles. The monoisotopic (exact) mass is 279 g/mol. The summed E-state index contributed by atoms with van der Waals surface area (Å²) in [5.74, 6) is 0. The van der Waals surface area contributed by atoms with E-state index < -0.39 is 15.6 Å². The first-order valence-corrected chi connectivity index (χ1v) is 7.47. The molecule has 5 heteroatoms. The normalized spacial score (nSPS) is 12.8. The Morgan fingerprint density at radius 2 is 1.74 bits per heavy atom. The summed E-state index contributed by atoms with van der Waals surface area (Å²) in [7, 11) is -3.59. The molecule has 4 nitrogen and oxygen atoms in total. The lowest BCUT2D eigenvalue weighted by Gasteiger charge is -2.17. The van der Waals surface area contributed by atoms with Crippen molar-refractivity contribution in [2.45, 2.75) is 24.3 Å². The first kappa shape index (κ1) is 14.0. The van der Waals surface area contributed by atoms with E-state index in [-0.39, 0.29) is 11.4 Å². The number of sulfonamides is 1. The summed E-state index contributed by atoms with van der Waals surface area (Å²) in [6, 6.07) is 12.5. The third kappa shape index (κ3) is 3.53. The highest BCUT2D eigenvalue weighted by molar-refractivity contribution is 7.89. The minimum absolute atomic E-state index is 0.0256. The van der Waals surface area contributed by atoms with Crippen LogP contribution in [0.3, 0.4) is 0 Å². The maximum absolute atomic E-state index is 12.1. The van der Waals surface area contributed by atoms with Gasteiger partial charge in [0.2, 0.25) is 10.0 Å². The van der Waals surface area contributed by atoms with E-state index in [1.165, 1.54) is 0 Å². The van der Waals surface area contributed by atoms with Crippen molar-refractivity contribution in [2.24, 2.45) is 0 Å². The summed E-state index contributed by atoms with van der Waals surface area (Å²) in [6.45, 7) is 3.08. The van der Waals surface area contributed by atoms with Crippen LogP contribution in [-0.4, -0.2) is 25.7 Å². The number of nitrogens with one attached hydrogen (secondary N) is 1. The van der Waals surface area contributed by atoms with E-state index in [4.69, 9.17) is 0 Å². The smallest absolute Gasteiger partial charge is 0.240 e. The van der Waals surface area contributed by atoms with Gasteiger partial charge in [0.15, 0.2) is 0 Å². The van der Waals surface area contributed by atoms with Crippen LogP contribution < -0.4 is 4.72 Å². The molecule has 0 saturated heterocycles. The molecule has 0 heterocycles. The van der Waals surface area contributed by atoms with Crippen molar-refractivity contribution in [3.63, 3.8) is 0 Å². The summed E-state index contributed by atoms with van der Waals surface area (Å²) in [5, 5.41) is 11.4. The van der Waals surface area contributed by atoms with Crippen molar-refractivity contribution in [3.8, 4) is 0 Å². The Kier molecular flexibility index (Phi) is 3.62. The molecule has 0 atom stereocenters. The van der Waals surface area contributed by atoms with Crippen LogP contribution >= 0.6 is 0 Å². The minimum atomic E-state index is -3.59. The number of rotatable bonds is 4. The molecule has 2 aromatic rings. The maximum atomic E-state index is 12.1. The lowest BCUT2D eigenvalue weighted by molar-refractivity contribution is 0.0857. The second-order valence-electron chi connectivity index (χ2n) is 5.15. The van der Waals surface area contributed by atoms with Crippen LogP contribution in [0.15, 0.2) is 47.4 Å². The Hall–Kier alpha value is -1.43. The third-order valence-electron chi connectivity index (χ3n) is 2.73. The number of benzene rings is 2. The summed E-state index contributed by atoms with van der Waals surface area (Å²) < 4.78 is 26.6. The van der Waals surface area contributed by atoms with E-state index >= 15 is 0 Å². The number of aliphatic hydroxyl groups is 1. The highest BCUT2D eigenvalue weighted by atomic mass is 32.2. The van der Waals surface area contributed by atoms with Crippen molar-refractivity contribution in [1.29, 1.82) is 0 Å². The second-order valence-corrected chi connectivity index (χ2v) is 6.91. The lowest BCUT2D eigenvalue weighted by Crippen LogP contribution is -2.38. The molecular weight excluding hydrogens is 262 g/mol. The molecule has 0 saturated carbocycles. The predicted octanol–water partition coefficient (Wildman–Crippen LogP) is 1.89. The van der Waals surface area contributed by atoms with Gasteiger partial charge in [0.25, 0.3) is 0 Å². The summed E-state index contributed by atoms with van der Waals surface area (Å²) in [5.41, 5.74) is -1.08. The molecule has 0 fully saturated rings. The van der Waals surface area contributed by atoms with Gasteiger partial charge in [-0.15, -0.1) is 0 Å². The molecule has 0 radical (unpaired) electrons. The van der Waals surface area contributed by atoms with E-state index in [1.807, 2.05) is 24.3 Å². The molecule has 2 N–H and O–H groups in total. The fraction of sp³-hybridized carbons (Fsp3) is 0.286. The van der Waals surface area contributed by atoms with Gasteiger partial charge >= 0.3 is 0 Å². The van der Waals surface area contributed by atoms with Crippen LogP contribution in [0.1, 0.15) is 13.8 Å². The first-order valence-electron chi connectivity index (χ1n) is 5.99. The molecule has 0 aromatic heterocycles. The van der Waals surface area contributed by atoms with Crippen LogP contribution in [-0.2, 0) is 10.0 Å². The largest absolute Gasteiger partial charge is 0.389 e. The third-order valence-corrected chi connectivity index (χ3v) is 4.12. The number of hydrogen-bond acceptors (Lipinski definition) is 3. The number of fused-ring (bicyclic) bond motifs is 1. The van der Waals surface area contributed by atoms with Crippen LogP contribution in [0.2, 0.25) is 0 Å². The van der Waals surface area contributed by atoms with Gasteiger partial charge in [0.1, 0.15) is 0 Å². The van der Waals surface area contributed by atoms with Gasteiger partial charge in [0, 0.05) is 6.54 Å². The van der Waals surface area contributed by atoms with Gasteiger partial charge in [-0.1, -0.05) is 30.3 Å². The highest BCUT2D eigenvalue weighted by Crippen LogP contribution is 2.19. The Bertz CT molecular complexity index is 687. The van der Waals surface area contributed by atoms with Gasteiger partial charge in [-0.05, 0) is 36.8 Å². The van der Waals surface area contributed by atoms with Crippen molar-refractivity contribution in [2.75, 3.05) is 6.54 Å². The van der Waals surface area contributed by atoms with E-state index in [9.17, 15) is 13.5 Å². The van der Waals surface area contributed by atoms with Gasteiger partial charge in [0.05, 0.1) is 10.5 Å². The molecule has 2 rings (SSSR count). The molecule has 0 aliphatic rings. The molecule has 0 bridgehead atoms. The van der Waals surface area contributed by atoms with Crippen molar-refractivity contribution in [1.82, 2.24) is 4.72 Å². The standard InChI is InChI=1S/C14H17NO3S/c1-14(2,16)10-15-19(17,18)13-8-7-11-5-3-4-6-12(11)9-13/h3-9,15-16H,10H2,1-2H3. The second kappa shape index (κ2) is 4.92. The summed E-state index contributed by atoms with van der Waals surface area (Å²) >= 11 is 0. The fourth-order valence-corrected chi connectivity index (χ4v) is 2.93. The van der Waals surface area contributed by atoms with E-state index in [0.29, 0.717) is 0 Å². The van der Waals surface area contributed by atoms with Gasteiger partial charge in [-0.2, -0.15) is 0 Å². The zero-order valence-corrected chi connectivity index (χ0v) is 11.7. The van der Waals surface area contributed by atoms with Crippen molar-refractivity contribution < 1.29 is 13.5 Å². The van der Waals surface area contributed by atoms with E-state index in [2.05, 4.69) is 4.72 Å². The Morgan fingerprint density at radius 3 is 2.37 bits per heavy atom. The molecule has 19 heavy (non-hydrogen) atoms. The van der Waals surface area contributed by atoms with Crippen LogP contribution in [0.4, 0.5) is 0 Å². The summed E-state index contributed by atoms with van der Waals surface area (Å²) in [6.07, 6.45) is 0. The Morgan fingerprint density at radius 1 is 1.11 bits per heavy atom. The molecular formula is C14H17NO3S. The SMILES string of the molecule is CC(C)(O)CNS(=O)(=O)c1ccc2ccccc2c1. The van der Waals surface area contributed by atoms with Crippen LogP contribution in [0.5, 0.6) is 0 Å². The van der Waals surface area contributed by atoms with Gasteiger partial charge in [-0.3, -0.25) is 0 Å². The Balaban J connectivity index is 2.32. The Labute approximate surface area is 113 Å². The maximum Gasteiger partial charge on any atom is 0.240 e. The average Bonchev–Trinajstić information content (AvgIpc) is 2.35. The summed E-state index contributed by atoms with van der Waals surface area (Å²) in [4.78, 5) is 0.204. The topological polar surface area (TPSA) is 66.4 Å². The van der Waals surface area contributed by atoms with Crippen LogP contribution in [0.25, 0.3) is 10.8 Å². The zero-order valence-electron chi connectivity index (χ0n) is 10.9. The first-order chi connectivity index (χ1) is 8.78. The van der Waals surface area contributed by atoms with Gasteiger partial charge < -0.3 is 5.11 Å². The molecule has 0 unspecified atom stereocenters. The molecule has 0 spiro atoms. The fourth-order valence-electron chi connectivity index (χ4n) is 1.69. The highest BCUT2D eigenvalue weighted by Gasteiger charge is 2.19. The van der Waals surface area contributed by atoms with E-state index in [0.717, 1.165) is 10.8 Å². The lowest BCUT2D eigenvalue weighted by atomic mass is 10.1. The predicted molar refractivity (Wildman–Crippen MR) is 75.4 cm³/mol. The average molecular weight is 279 g/mol. The van der Waals surface area contributed by atoms with Gasteiger partial charge in [-0.25, -0.2) is 13.1 Å². The van der Waals surface area contributed by atoms with Crippen LogP contribution in [0, 0.1) is 0 Å². The van der Waals surface area contributed by atoms with E-state index in [1.54, 1.807) is 32.0 Å². The molecule has 2 aromatic carbocycles. The molecule has 0 aliphatic heterocycles. The molecule has 0 amide bonds.